The predicted molar refractivity (Wildman–Crippen MR) is 153 cm³/mol. The van der Waals surface area contributed by atoms with Crippen molar-refractivity contribution in [3.05, 3.63) is 102 Å². The standard InChI is InChI=1S/C29H26Cl2F2N4O4/c30-20-3-1-17(13-26(20)36(38)39)24-5-6-25(18-2-4-21(31)27(14-18)37(40)41)35(24)19-15-22(32)28(23(33)16-19)34-11-9-29(7-8-29)10-12-34/h1-4,13-16,24-25H,5-12H2/t24-,25-/m1/s1. The first-order valence-electron chi connectivity index (χ1n) is 13.5. The number of piperidine rings is 1. The predicted octanol–water partition coefficient (Wildman–Crippen LogP) is 8.55. The number of benzene rings is 3. The van der Waals surface area contributed by atoms with Gasteiger partial charge in [-0.3, -0.25) is 20.2 Å². The molecule has 8 nitrogen and oxygen atoms in total. The Balaban J connectivity index is 1.42. The molecule has 2 atom stereocenters. The van der Waals surface area contributed by atoms with Gasteiger partial charge in [-0.25, -0.2) is 8.78 Å². The smallest absolute Gasteiger partial charge is 0.288 e. The van der Waals surface area contributed by atoms with Crippen LogP contribution in [0.3, 0.4) is 0 Å². The molecule has 2 aliphatic heterocycles. The van der Waals surface area contributed by atoms with Crippen molar-refractivity contribution in [2.24, 2.45) is 5.41 Å². The van der Waals surface area contributed by atoms with Gasteiger partial charge in [-0.05, 0) is 79.3 Å². The topological polar surface area (TPSA) is 92.8 Å². The first-order valence-corrected chi connectivity index (χ1v) is 14.2. The van der Waals surface area contributed by atoms with Crippen molar-refractivity contribution >= 4 is 46.0 Å². The van der Waals surface area contributed by atoms with E-state index in [1.807, 2.05) is 0 Å². The molecule has 0 unspecified atom stereocenters. The van der Waals surface area contributed by atoms with Gasteiger partial charge in [-0.15, -0.1) is 0 Å². The number of rotatable bonds is 6. The lowest BCUT2D eigenvalue weighted by atomic mass is 9.93. The van der Waals surface area contributed by atoms with E-state index in [-0.39, 0.29) is 32.8 Å². The van der Waals surface area contributed by atoms with E-state index in [2.05, 4.69) is 0 Å². The van der Waals surface area contributed by atoms with E-state index in [0.29, 0.717) is 42.5 Å². The summed E-state index contributed by atoms with van der Waals surface area (Å²) in [6.07, 6.45) is 5.11. The number of nitro benzene ring substituents is 2. The highest BCUT2D eigenvalue weighted by molar-refractivity contribution is 6.33. The Morgan fingerprint density at radius 1 is 0.756 bits per heavy atom. The van der Waals surface area contributed by atoms with Gasteiger partial charge in [0, 0.05) is 30.9 Å². The summed E-state index contributed by atoms with van der Waals surface area (Å²) in [7, 11) is 0. The fraction of sp³-hybridized carbons (Fsp3) is 0.379. The molecule has 1 saturated carbocycles. The summed E-state index contributed by atoms with van der Waals surface area (Å²) in [6.45, 7) is 1.18. The first kappa shape index (κ1) is 27.7. The summed E-state index contributed by atoms with van der Waals surface area (Å²) in [5.74, 6) is -1.39. The lowest BCUT2D eigenvalue weighted by molar-refractivity contribution is -0.384. The molecule has 0 amide bonds. The third-order valence-corrected chi connectivity index (χ3v) is 9.52. The molecule has 6 rings (SSSR count). The molecule has 12 heteroatoms. The second-order valence-corrected chi connectivity index (χ2v) is 12.0. The average Bonchev–Trinajstić information content (AvgIpc) is 3.53. The molecule has 1 spiro atoms. The van der Waals surface area contributed by atoms with Crippen molar-refractivity contribution < 1.29 is 18.6 Å². The van der Waals surface area contributed by atoms with Gasteiger partial charge in [0.2, 0.25) is 0 Å². The average molecular weight is 603 g/mol. The highest BCUT2D eigenvalue weighted by atomic mass is 35.5. The Bertz CT molecular complexity index is 1460. The Morgan fingerprint density at radius 2 is 1.22 bits per heavy atom. The minimum Gasteiger partial charge on any atom is -0.367 e. The number of anilines is 2. The molecule has 0 aromatic heterocycles. The quantitative estimate of drug-likeness (QED) is 0.207. The van der Waals surface area contributed by atoms with E-state index in [1.165, 1.54) is 49.2 Å². The van der Waals surface area contributed by atoms with Crippen molar-refractivity contribution in [2.45, 2.75) is 50.6 Å². The molecule has 2 saturated heterocycles. The number of hydrogen-bond donors (Lipinski definition) is 0. The molecule has 3 aromatic carbocycles. The zero-order chi connectivity index (χ0) is 29.1. The molecule has 41 heavy (non-hydrogen) atoms. The molecule has 3 aromatic rings. The lowest BCUT2D eigenvalue weighted by Crippen LogP contribution is -2.35. The van der Waals surface area contributed by atoms with E-state index in [1.54, 1.807) is 21.9 Å². The molecule has 0 bridgehead atoms. The lowest BCUT2D eigenvalue weighted by Gasteiger charge is -2.36. The van der Waals surface area contributed by atoms with Crippen molar-refractivity contribution in [1.82, 2.24) is 0 Å². The van der Waals surface area contributed by atoms with E-state index in [0.717, 1.165) is 12.8 Å². The molecular weight excluding hydrogens is 577 g/mol. The van der Waals surface area contributed by atoms with Gasteiger partial charge in [0.15, 0.2) is 11.6 Å². The number of halogens is 4. The molecule has 1 aliphatic carbocycles. The maximum atomic E-state index is 15.7. The first-order chi connectivity index (χ1) is 19.6. The van der Waals surface area contributed by atoms with Gasteiger partial charge in [0.05, 0.1) is 21.9 Å². The summed E-state index contributed by atoms with van der Waals surface area (Å²) in [5.41, 5.74) is 1.07. The van der Waals surface area contributed by atoms with Crippen LogP contribution in [0, 0.1) is 37.3 Å². The third-order valence-electron chi connectivity index (χ3n) is 8.89. The van der Waals surface area contributed by atoms with Crippen LogP contribution in [0.4, 0.5) is 31.5 Å². The SMILES string of the molecule is O=[N+]([O-])c1cc([C@H]2CC[C@H](c3ccc(Cl)c([N+](=O)[O-])c3)N2c2cc(F)c(N3CCC4(CC3)CC4)c(F)c2)ccc1Cl. The Hall–Kier alpha value is -3.50. The Morgan fingerprint density at radius 3 is 1.63 bits per heavy atom. The second kappa shape index (κ2) is 10.4. The van der Waals surface area contributed by atoms with Gasteiger partial charge in [0.1, 0.15) is 15.7 Å². The highest BCUT2D eigenvalue weighted by Gasteiger charge is 2.45. The van der Waals surface area contributed by atoms with Gasteiger partial charge >= 0.3 is 0 Å². The number of nitro groups is 2. The maximum absolute atomic E-state index is 15.7. The number of nitrogens with zero attached hydrogens (tertiary/aromatic N) is 4. The van der Waals surface area contributed by atoms with Gasteiger partial charge in [-0.1, -0.05) is 35.3 Å². The van der Waals surface area contributed by atoms with Crippen molar-refractivity contribution in [3.63, 3.8) is 0 Å². The maximum Gasteiger partial charge on any atom is 0.288 e. The summed E-state index contributed by atoms with van der Waals surface area (Å²) in [4.78, 5) is 25.6. The largest absolute Gasteiger partial charge is 0.367 e. The summed E-state index contributed by atoms with van der Waals surface area (Å²) in [6, 6.07) is 10.5. The Labute approximate surface area is 244 Å². The van der Waals surface area contributed by atoms with Gasteiger partial charge < -0.3 is 9.80 Å². The van der Waals surface area contributed by atoms with Crippen molar-refractivity contribution in [3.8, 4) is 0 Å². The normalized spacial score (nSPS) is 21.4. The molecule has 0 N–H and O–H groups in total. The van der Waals surface area contributed by atoms with Crippen molar-refractivity contribution in [2.75, 3.05) is 22.9 Å². The van der Waals surface area contributed by atoms with Crippen LogP contribution in [0.2, 0.25) is 10.0 Å². The van der Waals surface area contributed by atoms with Crippen LogP contribution < -0.4 is 9.80 Å². The van der Waals surface area contributed by atoms with Crippen LogP contribution in [0.5, 0.6) is 0 Å². The van der Waals surface area contributed by atoms with Crippen LogP contribution >= 0.6 is 23.2 Å². The van der Waals surface area contributed by atoms with Gasteiger partial charge in [0.25, 0.3) is 11.4 Å². The van der Waals surface area contributed by atoms with Crippen LogP contribution in [0.1, 0.15) is 61.7 Å². The number of hydrogen-bond acceptors (Lipinski definition) is 6. The molecule has 0 radical (unpaired) electrons. The minimum absolute atomic E-state index is 0.0240. The molecular formula is C29H26Cl2F2N4O4. The van der Waals surface area contributed by atoms with E-state index in [9.17, 15) is 20.2 Å². The molecule has 214 valence electrons. The third kappa shape index (κ3) is 5.08. The van der Waals surface area contributed by atoms with Crippen LogP contribution in [0.15, 0.2) is 48.5 Å². The summed E-state index contributed by atoms with van der Waals surface area (Å²) >= 11 is 12.1. The van der Waals surface area contributed by atoms with Crippen LogP contribution in [0.25, 0.3) is 0 Å². The monoisotopic (exact) mass is 602 g/mol. The molecule has 3 aliphatic rings. The molecule has 2 heterocycles. The van der Waals surface area contributed by atoms with Crippen LogP contribution in [-0.2, 0) is 0 Å². The summed E-state index contributed by atoms with van der Waals surface area (Å²) in [5, 5.41) is 23.2. The van der Waals surface area contributed by atoms with E-state index < -0.39 is 33.6 Å². The minimum atomic E-state index is -0.694. The highest BCUT2D eigenvalue weighted by Crippen LogP contribution is 2.54. The second-order valence-electron chi connectivity index (χ2n) is 11.2. The van der Waals surface area contributed by atoms with E-state index >= 15 is 8.78 Å². The Kier molecular flexibility index (Phi) is 7.02. The zero-order valence-electron chi connectivity index (χ0n) is 21.9. The van der Waals surface area contributed by atoms with Crippen LogP contribution in [-0.4, -0.2) is 22.9 Å². The van der Waals surface area contributed by atoms with Gasteiger partial charge in [-0.2, -0.15) is 0 Å². The van der Waals surface area contributed by atoms with E-state index in [4.69, 9.17) is 23.2 Å². The fourth-order valence-electron chi connectivity index (χ4n) is 6.46. The molecule has 3 fully saturated rings. The zero-order valence-corrected chi connectivity index (χ0v) is 23.4. The fourth-order valence-corrected chi connectivity index (χ4v) is 6.84. The summed E-state index contributed by atoms with van der Waals surface area (Å²) < 4.78 is 31.5. The van der Waals surface area contributed by atoms with Crippen molar-refractivity contribution in [1.29, 1.82) is 0 Å².